The van der Waals surface area contributed by atoms with E-state index in [1.165, 1.54) is 4.70 Å². The van der Waals surface area contributed by atoms with Crippen molar-refractivity contribution in [1.29, 1.82) is 0 Å². The summed E-state index contributed by atoms with van der Waals surface area (Å²) in [6.45, 7) is 7.16. The fraction of sp³-hybridized carbons (Fsp3) is 0.462. The Morgan fingerprint density at radius 3 is 2.94 bits per heavy atom. The van der Waals surface area contributed by atoms with Crippen molar-refractivity contribution < 1.29 is 4.74 Å². The lowest BCUT2D eigenvalue weighted by Gasteiger charge is -2.09. The van der Waals surface area contributed by atoms with E-state index in [0.29, 0.717) is 0 Å². The monoisotopic (exact) mass is 250 g/mol. The second-order valence-corrected chi connectivity index (χ2v) is 5.25. The first-order chi connectivity index (χ1) is 8.20. The van der Waals surface area contributed by atoms with E-state index in [9.17, 15) is 0 Å². The van der Waals surface area contributed by atoms with E-state index in [1.54, 1.807) is 11.3 Å². The van der Waals surface area contributed by atoms with E-state index in [1.807, 2.05) is 26.0 Å². The molecule has 1 aromatic heterocycles. The molecule has 0 saturated heterocycles. The van der Waals surface area contributed by atoms with Crippen LogP contribution in [0.1, 0.15) is 27.2 Å². The summed E-state index contributed by atoms with van der Waals surface area (Å²) in [7, 11) is 0. The largest absolute Gasteiger partial charge is 0.489 e. The molecule has 17 heavy (non-hydrogen) atoms. The summed E-state index contributed by atoms with van der Waals surface area (Å²) in [6.07, 6.45) is 1.28. The Balaban J connectivity index is 2.31. The van der Waals surface area contributed by atoms with Crippen molar-refractivity contribution in [3.8, 4) is 5.75 Å². The molecule has 0 saturated carbocycles. The summed E-state index contributed by atoms with van der Waals surface area (Å²) in [5.74, 6) is 0.873. The standard InChI is InChI=1S/C13H18N2OS/c1-4-8-14-13-15-12-10(16-9(2)3)6-5-7-11(12)17-13/h5-7,9H,4,8H2,1-3H3,(H,14,15). The van der Waals surface area contributed by atoms with Gasteiger partial charge in [0, 0.05) is 6.54 Å². The number of aromatic nitrogens is 1. The minimum atomic E-state index is 0.175. The van der Waals surface area contributed by atoms with Crippen molar-refractivity contribution in [2.45, 2.75) is 33.3 Å². The number of rotatable bonds is 5. The second-order valence-electron chi connectivity index (χ2n) is 4.22. The minimum absolute atomic E-state index is 0.175. The lowest BCUT2D eigenvalue weighted by atomic mass is 10.3. The van der Waals surface area contributed by atoms with Crippen LogP contribution in [0.25, 0.3) is 10.2 Å². The summed E-state index contributed by atoms with van der Waals surface area (Å²) < 4.78 is 6.93. The van der Waals surface area contributed by atoms with Gasteiger partial charge in [-0.05, 0) is 32.4 Å². The SMILES string of the molecule is CCCNc1nc2c(OC(C)C)cccc2s1. The third-order valence-electron chi connectivity index (χ3n) is 2.27. The molecule has 1 heterocycles. The molecule has 2 aromatic rings. The zero-order chi connectivity index (χ0) is 12.3. The average molecular weight is 250 g/mol. The number of anilines is 1. The molecule has 0 aliphatic carbocycles. The van der Waals surface area contributed by atoms with Gasteiger partial charge in [0.2, 0.25) is 0 Å². The third kappa shape index (κ3) is 2.88. The molecule has 92 valence electrons. The Morgan fingerprint density at radius 1 is 1.41 bits per heavy atom. The number of benzene rings is 1. The normalized spacial score (nSPS) is 11.1. The number of para-hydroxylation sites is 1. The van der Waals surface area contributed by atoms with E-state index in [-0.39, 0.29) is 6.10 Å². The molecule has 0 amide bonds. The number of hydrogen-bond acceptors (Lipinski definition) is 4. The third-order valence-corrected chi connectivity index (χ3v) is 3.25. The topological polar surface area (TPSA) is 34.2 Å². The molecular weight excluding hydrogens is 232 g/mol. The van der Waals surface area contributed by atoms with Crippen molar-refractivity contribution >= 4 is 26.7 Å². The van der Waals surface area contributed by atoms with Gasteiger partial charge in [-0.15, -0.1) is 0 Å². The van der Waals surface area contributed by atoms with Crippen LogP contribution in [-0.2, 0) is 0 Å². The van der Waals surface area contributed by atoms with Crippen LogP contribution in [0.5, 0.6) is 5.75 Å². The lowest BCUT2D eigenvalue weighted by Crippen LogP contribution is -2.05. The van der Waals surface area contributed by atoms with Gasteiger partial charge in [0.05, 0.1) is 10.8 Å². The van der Waals surface area contributed by atoms with Crippen LogP contribution in [0, 0.1) is 0 Å². The zero-order valence-electron chi connectivity index (χ0n) is 10.5. The quantitative estimate of drug-likeness (QED) is 0.873. The first kappa shape index (κ1) is 12.2. The molecule has 4 heteroatoms. The van der Waals surface area contributed by atoms with Crippen molar-refractivity contribution in [2.24, 2.45) is 0 Å². The summed E-state index contributed by atoms with van der Waals surface area (Å²) in [4.78, 5) is 4.59. The number of ether oxygens (including phenoxy) is 1. The lowest BCUT2D eigenvalue weighted by molar-refractivity contribution is 0.245. The van der Waals surface area contributed by atoms with Crippen molar-refractivity contribution in [2.75, 3.05) is 11.9 Å². The maximum absolute atomic E-state index is 5.76. The van der Waals surface area contributed by atoms with Gasteiger partial charge in [0.25, 0.3) is 0 Å². The Hall–Kier alpha value is -1.29. The van der Waals surface area contributed by atoms with Gasteiger partial charge >= 0.3 is 0 Å². The highest BCUT2D eigenvalue weighted by molar-refractivity contribution is 7.22. The van der Waals surface area contributed by atoms with E-state index >= 15 is 0 Å². The highest BCUT2D eigenvalue weighted by Crippen LogP contribution is 2.32. The molecule has 0 fully saturated rings. The Labute approximate surface area is 106 Å². The first-order valence-corrected chi connectivity index (χ1v) is 6.82. The molecule has 0 bridgehead atoms. The van der Waals surface area contributed by atoms with Crippen molar-refractivity contribution in [3.63, 3.8) is 0 Å². The van der Waals surface area contributed by atoms with Gasteiger partial charge in [-0.3, -0.25) is 0 Å². The zero-order valence-corrected chi connectivity index (χ0v) is 11.3. The van der Waals surface area contributed by atoms with E-state index in [0.717, 1.165) is 29.4 Å². The Kier molecular flexibility index (Phi) is 3.84. The van der Waals surface area contributed by atoms with Crippen LogP contribution in [-0.4, -0.2) is 17.6 Å². The first-order valence-electron chi connectivity index (χ1n) is 6.00. The molecular formula is C13H18N2OS. The fourth-order valence-electron chi connectivity index (χ4n) is 1.58. The van der Waals surface area contributed by atoms with Crippen LogP contribution in [0.3, 0.4) is 0 Å². The van der Waals surface area contributed by atoms with E-state index in [4.69, 9.17) is 4.74 Å². The van der Waals surface area contributed by atoms with Crippen LogP contribution < -0.4 is 10.1 Å². The summed E-state index contributed by atoms with van der Waals surface area (Å²) >= 11 is 1.68. The van der Waals surface area contributed by atoms with Gasteiger partial charge in [-0.2, -0.15) is 0 Å². The Morgan fingerprint density at radius 2 is 2.24 bits per heavy atom. The van der Waals surface area contributed by atoms with E-state index in [2.05, 4.69) is 23.3 Å². The van der Waals surface area contributed by atoms with Crippen molar-refractivity contribution in [3.05, 3.63) is 18.2 Å². The molecule has 3 nitrogen and oxygen atoms in total. The molecule has 1 N–H and O–H groups in total. The maximum Gasteiger partial charge on any atom is 0.183 e. The van der Waals surface area contributed by atoms with Gasteiger partial charge in [-0.1, -0.05) is 24.3 Å². The highest BCUT2D eigenvalue weighted by atomic mass is 32.1. The average Bonchev–Trinajstić information content (AvgIpc) is 2.69. The molecule has 0 unspecified atom stereocenters. The maximum atomic E-state index is 5.76. The predicted octanol–water partition coefficient (Wildman–Crippen LogP) is 3.91. The van der Waals surface area contributed by atoms with Crippen LogP contribution in [0.2, 0.25) is 0 Å². The minimum Gasteiger partial charge on any atom is -0.489 e. The van der Waals surface area contributed by atoms with Gasteiger partial charge in [0.1, 0.15) is 11.3 Å². The number of hydrogen-bond donors (Lipinski definition) is 1. The number of fused-ring (bicyclic) bond motifs is 1. The number of nitrogens with zero attached hydrogens (tertiary/aromatic N) is 1. The summed E-state index contributed by atoms with van der Waals surface area (Å²) in [5.41, 5.74) is 0.963. The number of nitrogens with one attached hydrogen (secondary N) is 1. The molecule has 0 aliphatic heterocycles. The van der Waals surface area contributed by atoms with Crippen LogP contribution in [0.15, 0.2) is 18.2 Å². The van der Waals surface area contributed by atoms with Gasteiger partial charge in [0.15, 0.2) is 5.13 Å². The van der Waals surface area contributed by atoms with Gasteiger partial charge in [-0.25, -0.2) is 4.98 Å². The predicted molar refractivity (Wildman–Crippen MR) is 74.2 cm³/mol. The second kappa shape index (κ2) is 5.36. The molecule has 0 radical (unpaired) electrons. The fourth-order valence-corrected chi connectivity index (χ4v) is 2.49. The highest BCUT2D eigenvalue weighted by Gasteiger charge is 2.09. The number of thiazole rings is 1. The molecule has 0 aliphatic rings. The van der Waals surface area contributed by atoms with Gasteiger partial charge < -0.3 is 10.1 Å². The van der Waals surface area contributed by atoms with Crippen molar-refractivity contribution in [1.82, 2.24) is 4.98 Å². The Bertz CT molecular complexity index is 493. The van der Waals surface area contributed by atoms with Crippen LogP contribution in [0.4, 0.5) is 5.13 Å². The molecule has 0 spiro atoms. The van der Waals surface area contributed by atoms with E-state index < -0.39 is 0 Å². The smallest absolute Gasteiger partial charge is 0.183 e. The molecule has 0 atom stereocenters. The summed E-state index contributed by atoms with van der Waals surface area (Å²) in [5, 5.41) is 4.29. The molecule has 2 rings (SSSR count). The summed E-state index contributed by atoms with van der Waals surface area (Å²) in [6, 6.07) is 6.07. The molecule has 1 aromatic carbocycles. The van der Waals surface area contributed by atoms with Crippen LogP contribution >= 0.6 is 11.3 Å².